The number of hydrogen-bond donors (Lipinski definition) is 3. The molecule has 2 aliphatic rings. The minimum Gasteiger partial charge on any atom is -0.508 e. The highest BCUT2D eigenvalue weighted by Crippen LogP contribution is 2.38. The maximum Gasteiger partial charge on any atom is 0.271 e. The summed E-state index contributed by atoms with van der Waals surface area (Å²) in [6.45, 7) is -0.0182. The first-order valence-electron chi connectivity index (χ1n) is 11.5. The van der Waals surface area contributed by atoms with Crippen molar-refractivity contribution in [1.82, 2.24) is 15.6 Å². The zero-order valence-corrected chi connectivity index (χ0v) is 19.7. The number of hydrogen-bond acceptors (Lipinski definition) is 7. The Kier molecular flexibility index (Phi) is 6.36. The second kappa shape index (κ2) is 9.59. The summed E-state index contributed by atoms with van der Waals surface area (Å²) in [6.07, 6.45) is 1.79. The van der Waals surface area contributed by atoms with E-state index in [1.54, 1.807) is 23.6 Å². The van der Waals surface area contributed by atoms with Crippen LogP contribution >= 0.6 is 11.3 Å². The first-order valence-corrected chi connectivity index (χ1v) is 12.4. The van der Waals surface area contributed by atoms with Gasteiger partial charge in [-0.05, 0) is 37.0 Å². The fourth-order valence-electron chi connectivity index (χ4n) is 4.79. The highest BCUT2D eigenvalue weighted by molar-refractivity contribution is 7.13. The first kappa shape index (κ1) is 23.2. The van der Waals surface area contributed by atoms with E-state index >= 15 is 0 Å². The molecule has 1 saturated heterocycles. The molecule has 1 saturated carbocycles. The lowest BCUT2D eigenvalue weighted by Gasteiger charge is -2.30. The van der Waals surface area contributed by atoms with Crippen LogP contribution in [0, 0.1) is 0 Å². The molecule has 1 aliphatic heterocycles. The van der Waals surface area contributed by atoms with Crippen molar-refractivity contribution in [2.24, 2.45) is 0 Å². The van der Waals surface area contributed by atoms with Crippen LogP contribution in [0.15, 0.2) is 60.0 Å². The van der Waals surface area contributed by atoms with Crippen LogP contribution in [0.25, 0.3) is 10.6 Å². The van der Waals surface area contributed by atoms with Crippen LogP contribution in [0.2, 0.25) is 0 Å². The summed E-state index contributed by atoms with van der Waals surface area (Å²) >= 11 is 1.34. The molecule has 5 rings (SSSR count). The van der Waals surface area contributed by atoms with Crippen molar-refractivity contribution < 1.29 is 24.2 Å². The van der Waals surface area contributed by atoms with Crippen molar-refractivity contribution in [2.45, 2.75) is 43.4 Å². The largest absolute Gasteiger partial charge is 0.508 e. The van der Waals surface area contributed by atoms with Gasteiger partial charge < -0.3 is 20.5 Å². The number of nitrogens with one attached hydrogen (secondary N) is 2. The standard InChI is InChI=1S/C26H25N3O5S/c30-18-9-4-6-16(12-18)13-19(24(33)29-26-11-5-10-22(26)34-14-21(26)31)27-23(32)20-15-35-25(28-20)17-7-2-1-3-8-17/h1-4,6-9,12,15,19,22,30H,5,10-11,13-14H2,(H,27,32)(H,29,33). The number of benzene rings is 2. The predicted molar refractivity (Wildman–Crippen MR) is 130 cm³/mol. The van der Waals surface area contributed by atoms with E-state index in [0.29, 0.717) is 23.4 Å². The van der Waals surface area contributed by atoms with Crippen LogP contribution < -0.4 is 10.6 Å². The molecule has 2 heterocycles. The number of amides is 2. The molecule has 35 heavy (non-hydrogen) atoms. The summed E-state index contributed by atoms with van der Waals surface area (Å²) in [4.78, 5) is 43.6. The molecular weight excluding hydrogens is 466 g/mol. The Bertz CT molecular complexity index is 1260. The van der Waals surface area contributed by atoms with E-state index in [-0.39, 0.29) is 36.4 Å². The van der Waals surface area contributed by atoms with Crippen LogP contribution in [0.3, 0.4) is 0 Å². The van der Waals surface area contributed by atoms with Gasteiger partial charge in [0.2, 0.25) is 5.91 Å². The van der Waals surface area contributed by atoms with Gasteiger partial charge in [-0.15, -0.1) is 11.3 Å². The Morgan fingerprint density at radius 1 is 1.20 bits per heavy atom. The molecule has 9 heteroatoms. The van der Waals surface area contributed by atoms with E-state index in [2.05, 4.69) is 15.6 Å². The van der Waals surface area contributed by atoms with Crippen LogP contribution in [0.1, 0.15) is 35.3 Å². The van der Waals surface area contributed by atoms with Gasteiger partial charge in [-0.25, -0.2) is 4.98 Å². The lowest BCUT2D eigenvalue weighted by Crippen LogP contribution is -2.60. The summed E-state index contributed by atoms with van der Waals surface area (Å²) < 4.78 is 5.61. The predicted octanol–water partition coefficient (Wildman–Crippen LogP) is 2.86. The van der Waals surface area contributed by atoms with Gasteiger partial charge in [0.25, 0.3) is 5.91 Å². The number of ether oxygens (including phenoxy) is 1. The number of aromatic nitrogens is 1. The second-order valence-electron chi connectivity index (χ2n) is 8.88. The Hall–Kier alpha value is -3.56. The molecular formula is C26H25N3O5S. The minimum atomic E-state index is -1.04. The Labute approximate surface area is 206 Å². The maximum absolute atomic E-state index is 13.5. The zero-order valence-electron chi connectivity index (χ0n) is 18.9. The van der Waals surface area contributed by atoms with Crippen LogP contribution in [-0.4, -0.2) is 52.0 Å². The molecule has 3 N–H and O–H groups in total. The molecule has 2 aromatic carbocycles. The fraction of sp³-hybridized carbons (Fsp3) is 0.308. The van der Waals surface area contributed by atoms with E-state index < -0.39 is 23.4 Å². The van der Waals surface area contributed by atoms with Crippen molar-refractivity contribution in [1.29, 1.82) is 0 Å². The van der Waals surface area contributed by atoms with E-state index in [4.69, 9.17) is 4.74 Å². The van der Waals surface area contributed by atoms with Crippen molar-refractivity contribution in [3.63, 3.8) is 0 Å². The number of phenolic OH excluding ortho intramolecular Hbond substituents is 1. The number of phenols is 1. The molecule has 180 valence electrons. The average molecular weight is 492 g/mol. The lowest BCUT2D eigenvalue weighted by molar-refractivity contribution is -0.131. The Morgan fingerprint density at radius 2 is 2.03 bits per heavy atom. The number of ketones is 1. The smallest absolute Gasteiger partial charge is 0.271 e. The summed E-state index contributed by atoms with van der Waals surface area (Å²) in [6, 6.07) is 15.1. The molecule has 0 bridgehead atoms. The number of rotatable bonds is 7. The van der Waals surface area contributed by atoms with Gasteiger partial charge in [-0.2, -0.15) is 0 Å². The van der Waals surface area contributed by atoms with E-state index in [0.717, 1.165) is 12.0 Å². The number of Topliss-reactive ketones (excluding diaryl/α,β-unsaturated/α-hetero) is 1. The zero-order chi connectivity index (χ0) is 24.4. The molecule has 3 unspecified atom stereocenters. The topological polar surface area (TPSA) is 118 Å². The van der Waals surface area contributed by atoms with Crippen molar-refractivity contribution >= 4 is 28.9 Å². The number of carbonyl (C=O) groups excluding carboxylic acids is 3. The van der Waals surface area contributed by atoms with E-state index in [9.17, 15) is 19.5 Å². The number of thiazole rings is 1. The number of aromatic hydroxyl groups is 1. The molecule has 1 aliphatic carbocycles. The van der Waals surface area contributed by atoms with Crippen LogP contribution in [0.4, 0.5) is 0 Å². The van der Waals surface area contributed by atoms with Gasteiger partial charge in [-0.3, -0.25) is 14.4 Å². The van der Waals surface area contributed by atoms with Gasteiger partial charge in [0.1, 0.15) is 34.6 Å². The van der Waals surface area contributed by atoms with Crippen molar-refractivity contribution in [3.05, 3.63) is 71.2 Å². The van der Waals surface area contributed by atoms with Crippen LogP contribution in [-0.2, 0) is 20.7 Å². The molecule has 1 aromatic heterocycles. The third-order valence-electron chi connectivity index (χ3n) is 6.58. The third-order valence-corrected chi connectivity index (χ3v) is 7.47. The quantitative estimate of drug-likeness (QED) is 0.468. The van der Waals surface area contributed by atoms with Gasteiger partial charge >= 0.3 is 0 Å². The van der Waals surface area contributed by atoms with Crippen molar-refractivity contribution in [3.8, 4) is 16.3 Å². The molecule has 8 nitrogen and oxygen atoms in total. The maximum atomic E-state index is 13.5. The minimum absolute atomic E-state index is 0.0182. The van der Waals surface area contributed by atoms with Gasteiger partial charge in [0.05, 0.1) is 6.10 Å². The Morgan fingerprint density at radius 3 is 2.83 bits per heavy atom. The fourth-order valence-corrected chi connectivity index (χ4v) is 5.60. The SMILES string of the molecule is O=C(NC(Cc1cccc(O)c1)C(=O)NC12CCCC1OCC2=O)c1csc(-c2ccccc2)n1. The van der Waals surface area contributed by atoms with Gasteiger partial charge in [-0.1, -0.05) is 42.5 Å². The lowest BCUT2D eigenvalue weighted by atomic mass is 9.91. The monoisotopic (exact) mass is 491 g/mol. The number of carbonyl (C=O) groups is 3. The molecule has 3 aromatic rings. The second-order valence-corrected chi connectivity index (χ2v) is 9.74. The van der Waals surface area contributed by atoms with E-state index in [1.165, 1.54) is 17.4 Å². The van der Waals surface area contributed by atoms with Crippen LogP contribution in [0.5, 0.6) is 5.75 Å². The number of nitrogens with zero attached hydrogens (tertiary/aromatic N) is 1. The number of fused-ring (bicyclic) bond motifs is 1. The highest BCUT2D eigenvalue weighted by atomic mass is 32.1. The summed E-state index contributed by atoms with van der Waals surface area (Å²) in [5, 5.41) is 17.9. The summed E-state index contributed by atoms with van der Waals surface area (Å²) in [5.74, 6) is -1.03. The average Bonchev–Trinajstić information content (AvgIpc) is 3.57. The third kappa shape index (κ3) is 4.69. The molecule has 2 amide bonds. The molecule has 3 atom stereocenters. The molecule has 2 fully saturated rings. The van der Waals surface area contributed by atoms with Crippen molar-refractivity contribution in [2.75, 3.05) is 6.61 Å². The van der Waals surface area contributed by atoms with E-state index in [1.807, 2.05) is 30.3 Å². The first-order chi connectivity index (χ1) is 16.9. The Balaban J connectivity index is 1.37. The molecule has 0 radical (unpaired) electrons. The van der Waals surface area contributed by atoms with Gasteiger partial charge in [0.15, 0.2) is 5.78 Å². The summed E-state index contributed by atoms with van der Waals surface area (Å²) in [7, 11) is 0. The van der Waals surface area contributed by atoms with Gasteiger partial charge in [0, 0.05) is 17.4 Å². The highest BCUT2D eigenvalue weighted by Gasteiger charge is 2.55. The molecule has 0 spiro atoms. The normalized spacial score (nSPS) is 21.9. The summed E-state index contributed by atoms with van der Waals surface area (Å²) in [5.41, 5.74) is 0.736.